The molecule has 2 aromatic heterocycles. The quantitative estimate of drug-likeness (QED) is 0.775. The van der Waals surface area contributed by atoms with Crippen LogP contribution in [0.5, 0.6) is 0 Å². The molecule has 0 bridgehead atoms. The minimum atomic E-state index is -0.445. The van der Waals surface area contributed by atoms with E-state index in [9.17, 15) is 0 Å². The summed E-state index contributed by atoms with van der Waals surface area (Å²) in [6, 6.07) is 7.34. The van der Waals surface area contributed by atoms with Crippen molar-refractivity contribution >= 4 is 38.5 Å². The van der Waals surface area contributed by atoms with Crippen LogP contribution in [0.4, 0.5) is 0 Å². The van der Waals surface area contributed by atoms with Gasteiger partial charge in [0.15, 0.2) is 0 Å². The van der Waals surface area contributed by atoms with Crippen LogP contribution < -0.4 is 5.73 Å². The van der Waals surface area contributed by atoms with E-state index in [0.29, 0.717) is 10.8 Å². The molecule has 4 nitrogen and oxygen atoms in total. The normalized spacial score (nSPS) is 13.1. The van der Waals surface area contributed by atoms with E-state index in [1.54, 1.807) is 17.9 Å². The minimum Gasteiger partial charge on any atom is -0.458 e. The van der Waals surface area contributed by atoms with Gasteiger partial charge in [-0.3, -0.25) is 4.68 Å². The van der Waals surface area contributed by atoms with Gasteiger partial charge in [-0.05, 0) is 28.1 Å². The number of hydrogen-bond donors (Lipinski definition) is 1. The number of nitrogens with two attached hydrogens (primary N) is 1. The molecule has 1 atom stereocenters. The van der Waals surface area contributed by atoms with Gasteiger partial charge in [-0.25, -0.2) is 0 Å². The Morgan fingerprint density at radius 1 is 1.47 bits per heavy atom. The Balaban J connectivity index is 2.12. The largest absolute Gasteiger partial charge is 0.458 e. The Morgan fingerprint density at radius 2 is 2.26 bits per heavy atom. The first-order chi connectivity index (χ1) is 9.08. The highest BCUT2D eigenvalue weighted by atomic mass is 79.9. The van der Waals surface area contributed by atoms with Crippen molar-refractivity contribution in [3.8, 4) is 0 Å². The van der Waals surface area contributed by atoms with Crippen molar-refractivity contribution in [3.63, 3.8) is 0 Å². The molecule has 0 aliphatic rings. The van der Waals surface area contributed by atoms with Crippen LogP contribution in [0.15, 0.2) is 39.4 Å². The maximum atomic E-state index is 6.22. The summed E-state index contributed by atoms with van der Waals surface area (Å²) < 4.78 is 8.39. The van der Waals surface area contributed by atoms with Crippen molar-refractivity contribution in [1.82, 2.24) is 9.78 Å². The molecule has 1 aromatic carbocycles. The fourth-order valence-corrected chi connectivity index (χ4v) is 2.85. The fraction of sp³-hybridized carbons (Fsp3) is 0.154. The lowest BCUT2D eigenvalue weighted by Gasteiger charge is -2.09. The van der Waals surface area contributed by atoms with Crippen LogP contribution in [0.2, 0.25) is 5.02 Å². The van der Waals surface area contributed by atoms with Crippen molar-refractivity contribution in [1.29, 1.82) is 0 Å². The Hall–Kier alpha value is -1.30. The molecular weight excluding hydrogens is 330 g/mol. The van der Waals surface area contributed by atoms with E-state index in [1.807, 2.05) is 24.3 Å². The predicted molar refractivity (Wildman–Crippen MR) is 78.2 cm³/mol. The predicted octanol–water partition coefficient (Wildman–Crippen LogP) is 3.63. The van der Waals surface area contributed by atoms with Gasteiger partial charge in [-0.1, -0.05) is 23.7 Å². The van der Waals surface area contributed by atoms with E-state index in [1.165, 1.54) is 0 Å². The number of furan rings is 1. The van der Waals surface area contributed by atoms with Gasteiger partial charge in [-0.15, -0.1) is 0 Å². The van der Waals surface area contributed by atoms with Gasteiger partial charge in [0.05, 0.1) is 21.4 Å². The second kappa shape index (κ2) is 4.67. The Bertz CT molecular complexity index is 730. The third kappa shape index (κ3) is 2.08. The van der Waals surface area contributed by atoms with Crippen LogP contribution in [-0.2, 0) is 7.05 Å². The Labute approximate surface area is 123 Å². The zero-order valence-electron chi connectivity index (χ0n) is 10.1. The van der Waals surface area contributed by atoms with Gasteiger partial charge in [-0.2, -0.15) is 5.10 Å². The molecule has 1 unspecified atom stereocenters. The van der Waals surface area contributed by atoms with Crippen LogP contribution in [0.3, 0.4) is 0 Å². The third-order valence-corrected chi connectivity index (χ3v) is 3.97. The fourth-order valence-electron chi connectivity index (χ4n) is 2.11. The van der Waals surface area contributed by atoms with Crippen molar-refractivity contribution < 1.29 is 4.42 Å². The van der Waals surface area contributed by atoms with Crippen LogP contribution in [0, 0.1) is 0 Å². The molecular formula is C13H11BrClN3O. The van der Waals surface area contributed by atoms with Gasteiger partial charge in [0.1, 0.15) is 17.4 Å². The molecule has 0 saturated heterocycles. The molecule has 3 rings (SSSR count). The van der Waals surface area contributed by atoms with Crippen molar-refractivity contribution in [2.75, 3.05) is 0 Å². The molecule has 0 aliphatic carbocycles. The van der Waals surface area contributed by atoms with E-state index in [-0.39, 0.29) is 0 Å². The minimum absolute atomic E-state index is 0.445. The Kier molecular flexibility index (Phi) is 3.12. The lowest BCUT2D eigenvalue weighted by molar-refractivity contribution is 0.508. The van der Waals surface area contributed by atoms with Gasteiger partial charge < -0.3 is 10.2 Å². The molecule has 2 heterocycles. The summed E-state index contributed by atoms with van der Waals surface area (Å²) in [7, 11) is 1.81. The van der Waals surface area contributed by atoms with Gasteiger partial charge >= 0.3 is 0 Å². The molecule has 0 aliphatic heterocycles. The maximum Gasteiger partial charge on any atom is 0.148 e. The molecule has 0 radical (unpaired) electrons. The first-order valence-electron chi connectivity index (χ1n) is 5.69. The monoisotopic (exact) mass is 339 g/mol. The Morgan fingerprint density at radius 3 is 2.89 bits per heavy atom. The number of aromatic nitrogens is 2. The van der Waals surface area contributed by atoms with E-state index in [2.05, 4.69) is 21.0 Å². The van der Waals surface area contributed by atoms with E-state index in [0.717, 1.165) is 21.1 Å². The molecule has 2 N–H and O–H groups in total. The average Bonchev–Trinajstić information content (AvgIpc) is 2.94. The highest BCUT2D eigenvalue weighted by molar-refractivity contribution is 9.10. The molecule has 0 fully saturated rings. The number of halogens is 2. The van der Waals surface area contributed by atoms with E-state index >= 15 is 0 Å². The summed E-state index contributed by atoms with van der Waals surface area (Å²) in [6.45, 7) is 0. The highest BCUT2D eigenvalue weighted by Gasteiger charge is 2.21. The van der Waals surface area contributed by atoms with Gasteiger partial charge in [0.25, 0.3) is 0 Å². The summed E-state index contributed by atoms with van der Waals surface area (Å²) in [5, 5.41) is 5.62. The van der Waals surface area contributed by atoms with E-state index < -0.39 is 6.04 Å². The van der Waals surface area contributed by atoms with Gasteiger partial charge in [0.2, 0.25) is 0 Å². The van der Waals surface area contributed by atoms with Crippen molar-refractivity contribution in [2.45, 2.75) is 6.04 Å². The number of fused-ring (bicyclic) bond motifs is 1. The SMILES string of the molecule is Cn1ncc(Cl)c1C(N)c1cc2cccc(Br)c2o1. The lowest BCUT2D eigenvalue weighted by atomic mass is 10.1. The molecule has 6 heteroatoms. The van der Waals surface area contributed by atoms with Crippen LogP contribution >= 0.6 is 27.5 Å². The zero-order valence-corrected chi connectivity index (χ0v) is 12.4. The van der Waals surface area contributed by atoms with Gasteiger partial charge in [0, 0.05) is 12.4 Å². The maximum absolute atomic E-state index is 6.22. The first kappa shape index (κ1) is 12.7. The second-order valence-corrected chi connectivity index (χ2v) is 5.55. The number of aryl methyl sites for hydroxylation is 1. The molecule has 3 aromatic rings. The summed E-state index contributed by atoms with van der Waals surface area (Å²) >= 11 is 9.56. The molecule has 0 amide bonds. The van der Waals surface area contributed by atoms with Crippen LogP contribution in [0.1, 0.15) is 17.5 Å². The lowest BCUT2D eigenvalue weighted by Crippen LogP contribution is -2.15. The number of nitrogens with zero attached hydrogens (tertiary/aromatic N) is 2. The molecule has 98 valence electrons. The van der Waals surface area contributed by atoms with Crippen LogP contribution in [-0.4, -0.2) is 9.78 Å². The summed E-state index contributed by atoms with van der Waals surface area (Å²) in [5.41, 5.74) is 7.74. The standard InChI is InChI=1S/C13H11BrClN3O/c1-18-12(9(15)6-17-18)11(16)10-5-7-3-2-4-8(14)13(7)19-10/h2-6,11H,16H2,1H3. The second-order valence-electron chi connectivity index (χ2n) is 4.29. The molecule has 19 heavy (non-hydrogen) atoms. The van der Waals surface area contributed by atoms with Crippen molar-refractivity contribution in [2.24, 2.45) is 12.8 Å². The molecule has 0 saturated carbocycles. The number of rotatable bonds is 2. The molecule has 0 spiro atoms. The van der Waals surface area contributed by atoms with Crippen LogP contribution in [0.25, 0.3) is 11.0 Å². The number of para-hydroxylation sites is 1. The third-order valence-electron chi connectivity index (χ3n) is 3.05. The first-order valence-corrected chi connectivity index (χ1v) is 6.86. The van der Waals surface area contributed by atoms with Crippen molar-refractivity contribution in [3.05, 3.63) is 51.4 Å². The topological polar surface area (TPSA) is 57.0 Å². The summed E-state index contributed by atoms with van der Waals surface area (Å²) in [4.78, 5) is 0. The zero-order chi connectivity index (χ0) is 13.6. The number of hydrogen-bond acceptors (Lipinski definition) is 3. The summed E-state index contributed by atoms with van der Waals surface area (Å²) in [5.74, 6) is 0.660. The number of benzene rings is 1. The highest BCUT2D eigenvalue weighted by Crippen LogP contribution is 2.32. The average molecular weight is 341 g/mol. The summed E-state index contributed by atoms with van der Waals surface area (Å²) in [6.07, 6.45) is 1.58. The smallest absolute Gasteiger partial charge is 0.148 e. The van der Waals surface area contributed by atoms with E-state index in [4.69, 9.17) is 21.8 Å².